The summed E-state index contributed by atoms with van der Waals surface area (Å²) >= 11 is 6.11. The van der Waals surface area contributed by atoms with E-state index in [1.165, 1.54) is 12.8 Å². The van der Waals surface area contributed by atoms with Crippen LogP contribution in [-0.4, -0.2) is 22.7 Å². The molecule has 0 aromatic carbocycles. The van der Waals surface area contributed by atoms with Crippen molar-refractivity contribution in [3.8, 4) is 0 Å². The van der Waals surface area contributed by atoms with Crippen molar-refractivity contribution in [1.82, 2.24) is 10.3 Å². The SMILES string of the molecule is CC(NC1CCCCC1CO)c1cccnc1Cl. The molecule has 3 unspecified atom stereocenters. The highest BCUT2D eigenvalue weighted by atomic mass is 35.5. The van der Waals surface area contributed by atoms with Crippen molar-refractivity contribution < 1.29 is 5.11 Å². The minimum Gasteiger partial charge on any atom is -0.396 e. The Kier molecular flexibility index (Phi) is 4.98. The molecule has 3 nitrogen and oxygen atoms in total. The number of hydrogen-bond donors (Lipinski definition) is 2. The Bertz CT molecular complexity index is 386. The van der Waals surface area contributed by atoms with Crippen LogP contribution in [0.5, 0.6) is 0 Å². The van der Waals surface area contributed by atoms with Gasteiger partial charge in [-0.3, -0.25) is 0 Å². The number of nitrogens with zero attached hydrogens (tertiary/aromatic N) is 1. The highest BCUT2D eigenvalue weighted by Crippen LogP contribution is 2.27. The van der Waals surface area contributed by atoms with E-state index in [9.17, 15) is 5.11 Å². The third-order valence-corrected chi connectivity index (χ3v) is 4.18. The van der Waals surface area contributed by atoms with Crippen LogP contribution >= 0.6 is 11.6 Å². The van der Waals surface area contributed by atoms with Crippen molar-refractivity contribution in [2.45, 2.75) is 44.7 Å². The molecule has 3 atom stereocenters. The molecule has 0 bridgehead atoms. The second kappa shape index (κ2) is 6.50. The summed E-state index contributed by atoms with van der Waals surface area (Å²) in [6.45, 7) is 2.37. The lowest BCUT2D eigenvalue weighted by molar-refractivity contribution is 0.147. The molecule has 1 fully saturated rings. The first kappa shape index (κ1) is 13.8. The number of aromatic nitrogens is 1. The molecule has 4 heteroatoms. The Balaban J connectivity index is 2.02. The molecule has 1 aromatic heterocycles. The summed E-state index contributed by atoms with van der Waals surface area (Å²) in [5.41, 5.74) is 1.03. The number of aliphatic hydroxyl groups excluding tert-OH is 1. The van der Waals surface area contributed by atoms with E-state index < -0.39 is 0 Å². The predicted octanol–water partition coefficient (Wildman–Crippen LogP) is 2.94. The Hall–Kier alpha value is -0.640. The third kappa shape index (κ3) is 3.22. The van der Waals surface area contributed by atoms with E-state index in [2.05, 4.69) is 17.2 Å². The molecule has 0 aliphatic heterocycles. The fourth-order valence-corrected chi connectivity index (χ4v) is 3.06. The van der Waals surface area contributed by atoms with E-state index >= 15 is 0 Å². The summed E-state index contributed by atoms with van der Waals surface area (Å²) in [6, 6.07) is 4.46. The minimum atomic E-state index is 0.170. The molecule has 1 aliphatic rings. The molecule has 1 saturated carbocycles. The second-order valence-corrected chi connectivity index (χ2v) is 5.46. The van der Waals surface area contributed by atoms with Gasteiger partial charge in [0, 0.05) is 30.5 Å². The first-order chi connectivity index (χ1) is 8.72. The van der Waals surface area contributed by atoms with E-state index in [0.717, 1.165) is 18.4 Å². The average Bonchev–Trinajstić information content (AvgIpc) is 2.39. The van der Waals surface area contributed by atoms with Crippen LogP contribution in [0.25, 0.3) is 0 Å². The maximum Gasteiger partial charge on any atom is 0.133 e. The van der Waals surface area contributed by atoms with E-state index in [0.29, 0.717) is 17.1 Å². The lowest BCUT2D eigenvalue weighted by atomic mass is 9.84. The van der Waals surface area contributed by atoms with E-state index in [1.807, 2.05) is 12.1 Å². The van der Waals surface area contributed by atoms with Crippen LogP contribution in [0.3, 0.4) is 0 Å². The van der Waals surface area contributed by atoms with E-state index in [4.69, 9.17) is 11.6 Å². The summed E-state index contributed by atoms with van der Waals surface area (Å²) in [6.07, 6.45) is 6.41. The molecule has 0 radical (unpaired) electrons. The lowest BCUT2D eigenvalue weighted by Crippen LogP contribution is -2.41. The number of hydrogen-bond acceptors (Lipinski definition) is 3. The first-order valence-electron chi connectivity index (χ1n) is 6.69. The van der Waals surface area contributed by atoms with E-state index in [-0.39, 0.29) is 12.6 Å². The van der Waals surface area contributed by atoms with Gasteiger partial charge in [-0.2, -0.15) is 0 Å². The molecule has 2 rings (SSSR count). The largest absolute Gasteiger partial charge is 0.396 e. The minimum absolute atomic E-state index is 0.170. The standard InChI is InChI=1S/C14H21ClN2O/c1-10(12-6-4-8-16-14(12)15)17-13-7-3-2-5-11(13)9-18/h4,6,8,10-11,13,17-18H,2-3,5,7,9H2,1H3. The monoisotopic (exact) mass is 268 g/mol. The van der Waals surface area contributed by atoms with E-state index in [1.54, 1.807) is 6.20 Å². The van der Waals surface area contributed by atoms with Gasteiger partial charge in [-0.25, -0.2) is 4.98 Å². The summed E-state index contributed by atoms with van der Waals surface area (Å²) < 4.78 is 0. The predicted molar refractivity (Wildman–Crippen MR) is 73.6 cm³/mol. The molecule has 100 valence electrons. The van der Waals surface area contributed by atoms with Gasteiger partial charge in [-0.1, -0.05) is 30.5 Å². The molecular weight excluding hydrogens is 248 g/mol. The molecule has 2 N–H and O–H groups in total. The number of nitrogens with one attached hydrogen (secondary N) is 1. The van der Waals surface area contributed by atoms with Crippen LogP contribution in [0.15, 0.2) is 18.3 Å². The zero-order valence-corrected chi connectivity index (χ0v) is 11.5. The Morgan fingerprint density at radius 2 is 2.28 bits per heavy atom. The zero-order chi connectivity index (χ0) is 13.0. The van der Waals surface area contributed by atoms with Gasteiger partial charge in [-0.05, 0) is 31.7 Å². The van der Waals surface area contributed by atoms with Gasteiger partial charge in [0.05, 0.1) is 0 Å². The van der Waals surface area contributed by atoms with Crippen molar-refractivity contribution >= 4 is 11.6 Å². The van der Waals surface area contributed by atoms with Crippen LogP contribution in [0.4, 0.5) is 0 Å². The number of pyridine rings is 1. The van der Waals surface area contributed by atoms with Crippen molar-refractivity contribution in [2.24, 2.45) is 5.92 Å². The molecule has 0 amide bonds. The summed E-state index contributed by atoms with van der Waals surface area (Å²) in [5.74, 6) is 0.372. The van der Waals surface area contributed by atoms with Gasteiger partial charge >= 0.3 is 0 Å². The van der Waals surface area contributed by atoms with Gasteiger partial charge in [0.25, 0.3) is 0 Å². The number of aliphatic hydroxyl groups is 1. The van der Waals surface area contributed by atoms with Gasteiger partial charge in [-0.15, -0.1) is 0 Å². The van der Waals surface area contributed by atoms with Crippen LogP contribution in [-0.2, 0) is 0 Å². The number of halogens is 1. The maximum absolute atomic E-state index is 9.42. The first-order valence-corrected chi connectivity index (χ1v) is 7.07. The van der Waals surface area contributed by atoms with Crippen LogP contribution in [0.2, 0.25) is 5.15 Å². The maximum atomic E-state index is 9.42. The average molecular weight is 269 g/mol. The molecular formula is C14H21ClN2O. The molecule has 1 aliphatic carbocycles. The summed E-state index contributed by atoms with van der Waals surface area (Å²) in [4.78, 5) is 4.11. The van der Waals surface area contributed by atoms with Gasteiger partial charge in [0.1, 0.15) is 5.15 Å². The summed E-state index contributed by atoms with van der Waals surface area (Å²) in [7, 11) is 0. The highest BCUT2D eigenvalue weighted by Gasteiger charge is 2.26. The van der Waals surface area contributed by atoms with Crippen molar-refractivity contribution in [1.29, 1.82) is 0 Å². The molecule has 1 heterocycles. The number of rotatable bonds is 4. The van der Waals surface area contributed by atoms with Crippen molar-refractivity contribution in [3.05, 3.63) is 29.0 Å². The highest BCUT2D eigenvalue weighted by molar-refractivity contribution is 6.30. The van der Waals surface area contributed by atoms with Crippen LogP contribution in [0, 0.1) is 5.92 Å². The quantitative estimate of drug-likeness (QED) is 0.826. The van der Waals surface area contributed by atoms with Crippen molar-refractivity contribution in [2.75, 3.05) is 6.61 Å². The normalized spacial score (nSPS) is 25.9. The van der Waals surface area contributed by atoms with Gasteiger partial charge in [0.2, 0.25) is 0 Å². The van der Waals surface area contributed by atoms with Gasteiger partial charge < -0.3 is 10.4 Å². The third-order valence-electron chi connectivity index (χ3n) is 3.86. The Labute approximate surface area is 114 Å². The second-order valence-electron chi connectivity index (χ2n) is 5.11. The molecule has 0 spiro atoms. The lowest BCUT2D eigenvalue weighted by Gasteiger charge is -2.33. The van der Waals surface area contributed by atoms with Crippen LogP contribution in [0.1, 0.15) is 44.2 Å². The topological polar surface area (TPSA) is 45.1 Å². The fraction of sp³-hybridized carbons (Fsp3) is 0.643. The smallest absolute Gasteiger partial charge is 0.133 e. The Morgan fingerprint density at radius 1 is 1.50 bits per heavy atom. The fourth-order valence-electron chi connectivity index (χ4n) is 2.78. The summed E-state index contributed by atoms with van der Waals surface area (Å²) in [5, 5.41) is 13.6. The van der Waals surface area contributed by atoms with Gasteiger partial charge in [0.15, 0.2) is 0 Å². The molecule has 1 aromatic rings. The zero-order valence-electron chi connectivity index (χ0n) is 10.8. The van der Waals surface area contributed by atoms with Crippen molar-refractivity contribution in [3.63, 3.8) is 0 Å². The Morgan fingerprint density at radius 3 is 3.00 bits per heavy atom. The molecule has 0 saturated heterocycles. The van der Waals surface area contributed by atoms with Crippen LogP contribution < -0.4 is 5.32 Å². The molecule has 18 heavy (non-hydrogen) atoms.